The predicted molar refractivity (Wildman–Crippen MR) is 63.9 cm³/mol. The smallest absolute Gasteiger partial charge is 0.338 e. The molecule has 0 saturated heterocycles. The van der Waals surface area contributed by atoms with Crippen molar-refractivity contribution in [2.75, 3.05) is 7.11 Å². The number of ether oxygens (including phenoxy) is 1. The van der Waals surface area contributed by atoms with Gasteiger partial charge in [0.25, 0.3) is 0 Å². The zero-order valence-corrected chi connectivity index (χ0v) is 10.6. The Morgan fingerprint density at radius 3 is 2.81 bits per heavy atom. The fraction of sp³-hybridized carbons (Fsp3) is 0.643. The fourth-order valence-corrected chi connectivity index (χ4v) is 3.03. The summed E-state index contributed by atoms with van der Waals surface area (Å²) < 4.78 is 4.90. The maximum atomic E-state index is 11.8. The van der Waals surface area contributed by atoms with Crippen molar-refractivity contribution >= 4 is 5.97 Å². The van der Waals surface area contributed by atoms with E-state index in [2.05, 4.69) is 26.8 Å². The van der Waals surface area contributed by atoms with Crippen LogP contribution >= 0.6 is 0 Å². The van der Waals surface area contributed by atoms with Crippen molar-refractivity contribution in [3.05, 3.63) is 22.8 Å². The van der Waals surface area contributed by atoms with E-state index in [4.69, 9.17) is 4.74 Å². The molecule has 0 heterocycles. The molecule has 0 aromatic heterocycles. The number of fused-ring (bicyclic) bond motifs is 1. The Bertz CT molecular complexity index is 386. The number of allylic oxidation sites excluding steroid dienone is 2. The average molecular weight is 220 g/mol. The molecule has 2 rings (SSSR count). The second kappa shape index (κ2) is 3.76. The van der Waals surface area contributed by atoms with E-state index in [0.29, 0.717) is 5.92 Å². The third kappa shape index (κ3) is 1.81. The Morgan fingerprint density at radius 2 is 2.19 bits per heavy atom. The topological polar surface area (TPSA) is 26.3 Å². The first-order chi connectivity index (χ1) is 7.44. The van der Waals surface area contributed by atoms with Gasteiger partial charge in [-0.05, 0) is 43.1 Å². The Morgan fingerprint density at radius 1 is 1.50 bits per heavy atom. The minimum atomic E-state index is -0.161. The van der Waals surface area contributed by atoms with Gasteiger partial charge in [0.05, 0.1) is 12.7 Å². The van der Waals surface area contributed by atoms with Crippen molar-refractivity contribution in [2.24, 2.45) is 11.3 Å². The fourth-order valence-electron chi connectivity index (χ4n) is 3.03. The molecule has 1 unspecified atom stereocenters. The van der Waals surface area contributed by atoms with Gasteiger partial charge in [0, 0.05) is 0 Å². The van der Waals surface area contributed by atoms with Crippen molar-refractivity contribution < 1.29 is 9.53 Å². The SMILES string of the molecule is COC(=O)C1=C(C)CCC2CC(C)(C)C=C12. The molecule has 0 bridgehead atoms. The van der Waals surface area contributed by atoms with E-state index in [-0.39, 0.29) is 11.4 Å². The van der Waals surface area contributed by atoms with Crippen LogP contribution in [-0.4, -0.2) is 13.1 Å². The molecule has 0 N–H and O–H groups in total. The van der Waals surface area contributed by atoms with Gasteiger partial charge < -0.3 is 4.74 Å². The first-order valence-electron chi connectivity index (χ1n) is 5.96. The first-order valence-corrected chi connectivity index (χ1v) is 5.96. The van der Waals surface area contributed by atoms with Crippen LogP contribution in [0.3, 0.4) is 0 Å². The van der Waals surface area contributed by atoms with Crippen LogP contribution < -0.4 is 0 Å². The molecule has 0 aromatic rings. The number of esters is 1. The summed E-state index contributed by atoms with van der Waals surface area (Å²) in [6, 6.07) is 0. The Hall–Kier alpha value is -1.05. The van der Waals surface area contributed by atoms with Crippen LogP contribution in [0.4, 0.5) is 0 Å². The van der Waals surface area contributed by atoms with E-state index in [1.54, 1.807) is 0 Å². The van der Waals surface area contributed by atoms with E-state index in [0.717, 1.165) is 18.4 Å². The summed E-state index contributed by atoms with van der Waals surface area (Å²) in [6.07, 6.45) is 5.65. The van der Waals surface area contributed by atoms with Gasteiger partial charge >= 0.3 is 5.97 Å². The van der Waals surface area contributed by atoms with E-state index in [9.17, 15) is 4.79 Å². The second-order valence-electron chi connectivity index (χ2n) is 5.67. The highest BCUT2D eigenvalue weighted by molar-refractivity contribution is 5.95. The zero-order chi connectivity index (χ0) is 11.9. The number of rotatable bonds is 1. The van der Waals surface area contributed by atoms with E-state index in [1.165, 1.54) is 24.7 Å². The van der Waals surface area contributed by atoms with E-state index < -0.39 is 0 Å². The summed E-state index contributed by atoms with van der Waals surface area (Å²) in [5, 5.41) is 0. The number of hydrogen-bond donors (Lipinski definition) is 0. The van der Waals surface area contributed by atoms with Gasteiger partial charge in [-0.15, -0.1) is 0 Å². The van der Waals surface area contributed by atoms with Crippen molar-refractivity contribution in [2.45, 2.75) is 40.0 Å². The van der Waals surface area contributed by atoms with Crippen LogP contribution in [0.5, 0.6) is 0 Å². The molecule has 0 aliphatic heterocycles. The lowest BCUT2D eigenvalue weighted by atomic mass is 9.80. The molecule has 2 nitrogen and oxygen atoms in total. The summed E-state index contributed by atoms with van der Waals surface area (Å²) in [4.78, 5) is 11.8. The predicted octanol–water partition coefficient (Wildman–Crippen LogP) is 3.24. The lowest BCUT2D eigenvalue weighted by molar-refractivity contribution is -0.136. The number of carbonyl (C=O) groups excluding carboxylic acids is 1. The molecule has 2 aliphatic carbocycles. The number of carbonyl (C=O) groups is 1. The van der Waals surface area contributed by atoms with E-state index >= 15 is 0 Å². The van der Waals surface area contributed by atoms with Crippen LogP contribution in [0.15, 0.2) is 22.8 Å². The molecule has 88 valence electrons. The highest BCUT2D eigenvalue weighted by Crippen LogP contribution is 2.48. The standard InChI is InChI=1S/C14H20O2/c1-9-5-6-10-7-14(2,3)8-11(10)12(9)13(15)16-4/h8,10H,5-7H2,1-4H3. The highest BCUT2D eigenvalue weighted by Gasteiger charge is 2.38. The number of methoxy groups -OCH3 is 1. The molecule has 0 radical (unpaired) electrons. The molecule has 0 amide bonds. The van der Waals surface area contributed by atoms with Crippen LogP contribution in [-0.2, 0) is 9.53 Å². The molecule has 0 saturated carbocycles. The van der Waals surface area contributed by atoms with Crippen LogP contribution in [0.1, 0.15) is 40.0 Å². The van der Waals surface area contributed by atoms with Gasteiger partial charge in [-0.2, -0.15) is 0 Å². The molecule has 0 spiro atoms. The molecular formula is C14H20O2. The third-order valence-electron chi connectivity index (χ3n) is 3.73. The minimum Gasteiger partial charge on any atom is -0.465 e. The van der Waals surface area contributed by atoms with E-state index in [1.807, 2.05) is 0 Å². The lowest BCUT2D eigenvalue weighted by Crippen LogP contribution is -2.18. The monoisotopic (exact) mass is 220 g/mol. The summed E-state index contributed by atoms with van der Waals surface area (Å²) in [6.45, 7) is 6.53. The normalized spacial score (nSPS) is 27.5. The highest BCUT2D eigenvalue weighted by atomic mass is 16.5. The van der Waals surface area contributed by atoms with Crippen molar-refractivity contribution in [1.82, 2.24) is 0 Å². The summed E-state index contributed by atoms with van der Waals surface area (Å²) in [5.74, 6) is 0.402. The van der Waals surface area contributed by atoms with Crippen molar-refractivity contribution in [1.29, 1.82) is 0 Å². The molecular weight excluding hydrogens is 200 g/mol. The maximum Gasteiger partial charge on any atom is 0.338 e. The van der Waals surface area contributed by atoms with Gasteiger partial charge in [0.1, 0.15) is 0 Å². The molecule has 2 aliphatic rings. The van der Waals surface area contributed by atoms with Gasteiger partial charge in [-0.1, -0.05) is 25.5 Å². The van der Waals surface area contributed by atoms with Gasteiger partial charge in [-0.3, -0.25) is 0 Å². The maximum absolute atomic E-state index is 11.8. The Labute approximate surface area is 97.4 Å². The summed E-state index contributed by atoms with van der Waals surface area (Å²) in [7, 11) is 1.47. The second-order valence-corrected chi connectivity index (χ2v) is 5.67. The van der Waals surface area contributed by atoms with Crippen LogP contribution in [0, 0.1) is 11.3 Å². The molecule has 16 heavy (non-hydrogen) atoms. The average Bonchev–Trinajstić information content (AvgIpc) is 2.51. The molecule has 0 aromatic carbocycles. The Kier molecular flexibility index (Phi) is 2.69. The first kappa shape index (κ1) is 11.4. The molecule has 1 atom stereocenters. The zero-order valence-electron chi connectivity index (χ0n) is 10.6. The summed E-state index contributed by atoms with van der Waals surface area (Å²) >= 11 is 0. The van der Waals surface area contributed by atoms with Gasteiger partial charge in [-0.25, -0.2) is 4.79 Å². The van der Waals surface area contributed by atoms with Crippen molar-refractivity contribution in [3.8, 4) is 0 Å². The lowest BCUT2D eigenvalue weighted by Gasteiger charge is -2.25. The minimum absolute atomic E-state index is 0.161. The van der Waals surface area contributed by atoms with Gasteiger partial charge in [0.2, 0.25) is 0 Å². The summed E-state index contributed by atoms with van der Waals surface area (Å²) in [5.41, 5.74) is 3.50. The Balaban J connectivity index is 2.43. The van der Waals surface area contributed by atoms with Crippen molar-refractivity contribution in [3.63, 3.8) is 0 Å². The quantitative estimate of drug-likeness (QED) is 0.634. The molecule has 2 heteroatoms. The molecule has 0 fully saturated rings. The third-order valence-corrected chi connectivity index (χ3v) is 3.73. The largest absolute Gasteiger partial charge is 0.465 e. The number of hydrogen-bond acceptors (Lipinski definition) is 2. The van der Waals surface area contributed by atoms with Gasteiger partial charge in [0.15, 0.2) is 0 Å². The van der Waals surface area contributed by atoms with Crippen LogP contribution in [0.2, 0.25) is 0 Å². The van der Waals surface area contributed by atoms with Crippen LogP contribution in [0.25, 0.3) is 0 Å².